The van der Waals surface area contributed by atoms with Crippen LogP contribution in [0.15, 0.2) is 147 Å². The molecule has 0 aliphatic heterocycles. The number of fused-ring (bicyclic) bond motifs is 4. The van der Waals surface area contributed by atoms with Crippen LogP contribution >= 0.6 is 0 Å². The number of nitrogens with zero attached hydrogens (tertiary/aromatic N) is 2. The van der Waals surface area contributed by atoms with Crippen molar-refractivity contribution >= 4 is 32.7 Å². The third kappa shape index (κ3) is 4.24. The molecule has 2 aromatic heterocycles. The highest BCUT2D eigenvalue weighted by atomic mass is 15.0. The zero-order chi connectivity index (χ0) is 27.6. The normalized spacial score (nSPS) is 10.9. The number of hydrogen-bond donors (Lipinski definition) is 0. The van der Waals surface area contributed by atoms with Gasteiger partial charge >= 0.3 is 0 Å². The number of hydrogen-bond acceptors (Lipinski definition) is 0. The van der Waals surface area contributed by atoms with E-state index in [9.17, 15) is 0 Å². The van der Waals surface area contributed by atoms with E-state index >= 15 is 0 Å². The van der Waals surface area contributed by atoms with E-state index in [0.29, 0.717) is 0 Å². The van der Waals surface area contributed by atoms with Gasteiger partial charge in [0, 0.05) is 33.2 Å². The summed E-state index contributed by atoms with van der Waals surface area (Å²) in [6, 6.07) is 43.8. The van der Waals surface area contributed by atoms with E-state index in [1.54, 1.807) is 12.2 Å². The molecule has 0 saturated carbocycles. The maximum absolute atomic E-state index is 3.36. The molecule has 194 valence electrons. The van der Waals surface area contributed by atoms with Crippen LogP contribution in [0.4, 0.5) is 0 Å². The number of benzene rings is 5. The van der Waals surface area contributed by atoms with Crippen molar-refractivity contribution in [1.29, 1.82) is 0 Å². The molecule has 0 radical (unpaired) electrons. The Morgan fingerprint density at radius 3 is 1.68 bits per heavy atom. The molecular weight excluding hydrogens is 484 g/mol. The zero-order valence-electron chi connectivity index (χ0n) is 23.0. The van der Waals surface area contributed by atoms with E-state index < -0.39 is 0 Å². The van der Waals surface area contributed by atoms with E-state index in [1.165, 1.54) is 66.5 Å². The first-order chi connectivity index (χ1) is 19.6. The van der Waals surface area contributed by atoms with Crippen molar-refractivity contribution in [2.24, 2.45) is 0 Å². The van der Waals surface area contributed by atoms with Crippen molar-refractivity contribution in [3.05, 3.63) is 158 Å². The number of aromatic nitrogens is 2. The van der Waals surface area contributed by atoms with Gasteiger partial charge < -0.3 is 9.13 Å². The Morgan fingerprint density at radius 1 is 0.475 bits per heavy atom. The second kappa shape index (κ2) is 10.6. The van der Waals surface area contributed by atoms with Gasteiger partial charge in [0.25, 0.3) is 0 Å². The van der Waals surface area contributed by atoms with Crippen LogP contribution in [0, 0.1) is 13.8 Å². The molecule has 0 spiro atoms. The molecule has 0 N–H and O–H groups in total. The van der Waals surface area contributed by atoms with Gasteiger partial charge in [-0.25, -0.2) is 0 Å². The van der Waals surface area contributed by atoms with E-state index in [1.807, 2.05) is 0 Å². The Bertz CT molecular complexity index is 1980. The van der Waals surface area contributed by atoms with Crippen LogP contribution in [0.1, 0.15) is 11.3 Å². The molecule has 2 heterocycles. The van der Waals surface area contributed by atoms with Crippen LogP contribution < -0.4 is 0 Å². The van der Waals surface area contributed by atoms with Gasteiger partial charge in [0.2, 0.25) is 0 Å². The van der Waals surface area contributed by atoms with Crippen molar-refractivity contribution in [1.82, 2.24) is 9.13 Å². The number of aryl methyl sites for hydroxylation is 1. The van der Waals surface area contributed by atoms with E-state index in [2.05, 4.69) is 157 Å². The lowest BCUT2D eigenvalue weighted by atomic mass is 10.0. The van der Waals surface area contributed by atoms with Crippen LogP contribution in [0.3, 0.4) is 0 Å². The standard InChI is InChI=1S/C34H26N2.C4H6/c1-23-24(2)35(27-11-5-3-6-12-27)33-20-18-25(21-31(23)33)26-17-19-30-29-15-9-10-16-32(29)36(34(30)22-26)28-13-7-4-8-14-28;1-3-4-2/h3-22H,1-2H3;3-4H,1-2H2. The smallest absolute Gasteiger partial charge is 0.0547 e. The summed E-state index contributed by atoms with van der Waals surface area (Å²) >= 11 is 0. The lowest BCUT2D eigenvalue weighted by molar-refractivity contribution is 1.04. The molecule has 0 fully saturated rings. The molecule has 0 bridgehead atoms. The van der Waals surface area contributed by atoms with Gasteiger partial charge in [0.05, 0.1) is 16.6 Å². The second-order valence-corrected chi connectivity index (χ2v) is 10.0. The molecule has 40 heavy (non-hydrogen) atoms. The van der Waals surface area contributed by atoms with E-state index in [-0.39, 0.29) is 0 Å². The summed E-state index contributed by atoms with van der Waals surface area (Å²) in [4.78, 5) is 0. The fraction of sp³-hybridized carbons (Fsp3) is 0.0526. The van der Waals surface area contributed by atoms with Gasteiger partial charge in [0.1, 0.15) is 0 Å². The quantitative estimate of drug-likeness (QED) is 0.206. The minimum absolute atomic E-state index is 1.18. The summed E-state index contributed by atoms with van der Waals surface area (Å²) in [6.45, 7) is 11.2. The highest BCUT2D eigenvalue weighted by molar-refractivity contribution is 6.10. The molecule has 0 aliphatic rings. The fourth-order valence-corrected chi connectivity index (χ4v) is 5.67. The maximum Gasteiger partial charge on any atom is 0.0547 e. The average molecular weight is 517 g/mol. The molecule has 0 amide bonds. The van der Waals surface area contributed by atoms with E-state index in [4.69, 9.17) is 0 Å². The third-order valence-corrected chi connectivity index (χ3v) is 7.72. The molecule has 0 atom stereocenters. The van der Waals surface area contributed by atoms with Gasteiger partial charge in [-0.1, -0.05) is 98.1 Å². The highest BCUT2D eigenvalue weighted by Gasteiger charge is 2.15. The first-order valence-electron chi connectivity index (χ1n) is 13.6. The van der Waals surface area contributed by atoms with Crippen LogP contribution in [-0.2, 0) is 0 Å². The second-order valence-electron chi connectivity index (χ2n) is 10.0. The topological polar surface area (TPSA) is 9.86 Å². The Labute approximate surface area is 235 Å². The third-order valence-electron chi connectivity index (χ3n) is 7.72. The molecule has 7 rings (SSSR count). The summed E-state index contributed by atoms with van der Waals surface area (Å²) in [5.41, 5.74) is 11.2. The summed E-state index contributed by atoms with van der Waals surface area (Å²) < 4.78 is 4.75. The Balaban J connectivity index is 0.000000680. The van der Waals surface area contributed by atoms with Crippen molar-refractivity contribution in [3.8, 4) is 22.5 Å². The van der Waals surface area contributed by atoms with Crippen LogP contribution in [-0.4, -0.2) is 9.13 Å². The summed E-state index contributed by atoms with van der Waals surface area (Å²) in [5.74, 6) is 0. The lowest BCUT2D eigenvalue weighted by Gasteiger charge is -2.10. The summed E-state index contributed by atoms with van der Waals surface area (Å²) in [5, 5.41) is 3.86. The van der Waals surface area contributed by atoms with Crippen molar-refractivity contribution in [2.75, 3.05) is 0 Å². The minimum atomic E-state index is 1.18. The molecule has 0 aliphatic carbocycles. The predicted molar refractivity (Wildman–Crippen MR) is 173 cm³/mol. The molecule has 5 aromatic carbocycles. The maximum atomic E-state index is 3.36. The van der Waals surface area contributed by atoms with Crippen LogP contribution in [0.5, 0.6) is 0 Å². The highest BCUT2D eigenvalue weighted by Crippen LogP contribution is 2.37. The van der Waals surface area contributed by atoms with Crippen LogP contribution in [0.2, 0.25) is 0 Å². The number of rotatable bonds is 4. The van der Waals surface area contributed by atoms with Crippen molar-refractivity contribution in [3.63, 3.8) is 0 Å². The minimum Gasteiger partial charge on any atom is -0.314 e. The lowest BCUT2D eigenvalue weighted by Crippen LogP contribution is -1.96. The van der Waals surface area contributed by atoms with Crippen molar-refractivity contribution < 1.29 is 0 Å². The van der Waals surface area contributed by atoms with Gasteiger partial charge in [-0.2, -0.15) is 0 Å². The molecule has 7 aromatic rings. The molecule has 2 heteroatoms. The van der Waals surface area contributed by atoms with Crippen LogP contribution in [0.25, 0.3) is 55.2 Å². The first-order valence-corrected chi connectivity index (χ1v) is 13.6. The van der Waals surface area contributed by atoms with Gasteiger partial charge in [-0.3, -0.25) is 0 Å². The number of allylic oxidation sites excluding steroid dienone is 2. The predicted octanol–water partition coefficient (Wildman–Crippen LogP) is 10.4. The zero-order valence-corrected chi connectivity index (χ0v) is 23.0. The Hall–Kier alpha value is -5.08. The summed E-state index contributed by atoms with van der Waals surface area (Å²) in [6.07, 6.45) is 3.28. The SMILES string of the molecule is C=CC=C.Cc1c(C)n(-c2ccccc2)c2ccc(-c3ccc4c5ccccc5n(-c5ccccc5)c4c3)cc12. The van der Waals surface area contributed by atoms with Gasteiger partial charge in [-0.15, -0.1) is 0 Å². The first kappa shape index (κ1) is 25.2. The molecule has 0 unspecified atom stereocenters. The largest absolute Gasteiger partial charge is 0.314 e. The molecule has 2 nitrogen and oxygen atoms in total. The Kier molecular flexibility index (Phi) is 6.67. The number of para-hydroxylation sites is 3. The monoisotopic (exact) mass is 516 g/mol. The molecule has 0 saturated heterocycles. The van der Waals surface area contributed by atoms with Gasteiger partial charge in [0.15, 0.2) is 0 Å². The Morgan fingerprint density at radius 2 is 1.00 bits per heavy atom. The summed E-state index contributed by atoms with van der Waals surface area (Å²) in [7, 11) is 0. The molecular formula is C38H32N2. The average Bonchev–Trinajstić information content (AvgIpc) is 3.48. The van der Waals surface area contributed by atoms with Gasteiger partial charge in [-0.05, 0) is 79.1 Å². The fourth-order valence-electron chi connectivity index (χ4n) is 5.67. The van der Waals surface area contributed by atoms with E-state index in [0.717, 1.165) is 0 Å². The van der Waals surface area contributed by atoms with Crippen molar-refractivity contribution in [2.45, 2.75) is 13.8 Å².